The number of rotatable bonds is 4. The zero-order valence-electron chi connectivity index (χ0n) is 12.2. The van der Waals surface area contributed by atoms with Gasteiger partial charge < -0.3 is 9.47 Å². The van der Waals surface area contributed by atoms with Crippen LogP contribution in [0.3, 0.4) is 0 Å². The lowest BCUT2D eigenvalue weighted by Gasteiger charge is -2.33. The van der Waals surface area contributed by atoms with Gasteiger partial charge in [-0.3, -0.25) is 11.3 Å². The Morgan fingerprint density at radius 3 is 2.50 bits per heavy atom. The fraction of sp³-hybridized carbons (Fsp3) is 1.00. The van der Waals surface area contributed by atoms with Crippen LogP contribution in [0.2, 0.25) is 0 Å². The van der Waals surface area contributed by atoms with Crippen LogP contribution in [0.4, 0.5) is 0 Å². The normalized spacial score (nSPS) is 35.8. The van der Waals surface area contributed by atoms with Crippen molar-refractivity contribution < 1.29 is 9.47 Å². The van der Waals surface area contributed by atoms with E-state index in [-0.39, 0.29) is 17.2 Å². The van der Waals surface area contributed by atoms with Crippen molar-refractivity contribution in [3.63, 3.8) is 0 Å². The number of nitrogens with two attached hydrogens (primary N) is 1. The van der Waals surface area contributed by atoms with E-state index in [1.54, 1.807) is 0 Å². The zero-order valence-corrected chi connectivity index (χ0v) is 12.2. The summed E-state index contributed by atoms with van der Waals surface area (Å²) in [5.74, 6) is 6.21. The number of hydrazine groups is 1. The summed E-state index contributed by atoms with van der Waals surface area (Å²) in [4.78, 5) is 0. The molecule has 18 heavy (non-hydrogen) atoms. The van der Waals surface area contributed by atoms with Crippen molar-refractivity contribution in [3.05, 3.63) is 0 Å². The van der Waals surface area contributed by atoms with E-state index in [0.717, 1.165) is 25.9 Å². The van der Waals surface area contributed by atoms with Crippen LogP contribution in [0.25, 0.3) is 0 Å². The van der Waals surface area contributed by atoms with E-state index in [9.17, 15) is 0 Å². The number of nitrogens with one attached hydrogen (secondary N) is 1. The molecule has 0 spiro atoms. The first-order valence-corrected chi connectivity index (χ1v) is 7.12. The maximum absolute atomic E-state index is 6.16. The molecule has 2 saturated heterocycles. The van der Waals surface area contributed by atoms with E-state index in [1.165, 1.54) is 6.42 Å². The van der Waals surface area contributed by atoms with Crippen molar-refractivity contribution in [2.24, 2.45) is 11.8 Å². The van der Waals surface area contributed by atoms with Crippen LogP contribution in [0.15, 0.2) is 0 Å². The van der Waals surface area contributed by atoms with Gasteiger partial charge in [-0.15, -0.1) is 0 Å². The van der Waals surface area contributed by atoms with E-state index in [2.05, 4.69) is 33.1 Å². The molecule has 0 saturated carbocycles. The standard InChI is InChI=1S/C14H28N2O2/c1-13(2)9-11(14(3,4)18-13)12(16-15)8-10-6-5-7-17-10/h10-12,16H,5-9,15H2,1-4H3. The third-order valence-electron chi connectivity index (χ3n) is 4.38. The van der Waals surface area contributed by atoms with Crippen LogP contribution in [-0.2, 0) is 9.47 Å². The molecule has 0 aromatic rings. The summed E-state index contributed by atoms with van der Waals surface area (Å²) in [6.45, 7) is 9.57. The summed E-state index contributed by atoms with van der Waals surface area (Å²) in [7, 11) is 0. The third-order valence-corrected chi connectivity index (χ3v) is 4.38. The molecule has 106 valence electrons. The minimum atomic E-state index is -0.126. The highest BCUT2D eigenvalue weighted by Crippen LogP contribution is 2.44. The Bertz CT molecular complexity index is 286. The zero-order chi connectivity index (χ0) is 13.4. The molecular formula is C14H28N2O2. The van der Waals surface area contributed by atoms with Gasteiger partial charge in [0.25, 0.3) is 0 Å². The van der Waals surface area contributed by atoms with E-state index in [0.29, 0.717) is 12.0 Å². The van der Waals surface area contributed by atoms with E-state index < -0.39 is 0 Å². The maximum atomic E-state index is 6.16. The first kappa shape index (κ1) is 14.3. The van der Waals surface area contributed by atoms with E-state index in [4.69, 9.17) is 15.3 Å². The van der Waals surface area contributed by atoms with E-state index in [1.807, 2.05) is 0 Å². The highest BCUT2D eigenvalue weighted by Gasteiger charge is 2.49. The maximum Gasteiger partial charge on any atom is 0.0678 e. The molecule has 3 atom stereocenters. The number of ether oxygens (including phenoxy) is 2. The second-order valence-electron chi connectivity index (χ2n) is 6.92. The van der Waals surface area contributed by atoms with Gasteiger partial charge >= 0.3 is 0 Å². The first-order chi connectivity index (χ1) is 8.34. The highest BCUT2D eigenvalue weighted by atomic mass is 16.5. The van der Waals surface area contributed by atoms with E-state index >= 15 is 0 Å². The summed E-state index contributed by atoms with van der Waals surface area (Å²) in [5.41, 5.74) is 2.82. The predicted octanol–water partition coefficient (Wildman–Crippen LogP) is 1.98. The lowest BCUT2D eigenvalue weighted by Crippen LogP contribution is -2.48. The second kappa shape index (κ2) is 5.08. The van der Waals surface area contributed by atoms with Gasteiger partial charge in [-0.2, -0.15) is 0 Å². The molecule has 3 N–H and O–H groups in total. The van der Waals surface area contributed by atoms with Crippen LogP contribution in [0.5, 0.6) is 0 Å². The van der Waals surface area contributed by atoms with Crippen LogP contribution in [0.1, 0.15) is 53.4 Å². The van der Waals surface area contributed by atoms with Gasteiger partial charge in [-0.05, 0) is 53.4 Å². The fourth-order valence-corrected chi connectivity index (χ4v) is 3.69. The highest BCUT2D eigenvalue weighted by molar-refractivity contribution is 4.99. The molecule has 0 bridgehead atoms. The summed E-state index contributed by atoms with van der Waals surface area (Å²) < 4.78 is 11.9. The van der Waals surface area contributed by atoms with Crippen molar-refractivity contribution in [2.45, 2.75) is 76.7 Å². The monoisotopic (exact) mass is 256 g/mol. The van der Waals surface area contributed by atoms with Crippen molar-refractivity contribution >= 4 is 0 Å². The molecule has 0 aromatic carbocycles. The van der Waals surface area contributed by atoms with Crippen LogP contribution in [0, 0.1) is 5.92 Å². The molecule has 2 aliphatic heterocycles. The topological polar surface area (TPSA) is 56.5 Å². The molecule has 0 amide bonds. The van der Waals surface area contributed by atoms with Gasteiger partial charge in [0.05, 0.1) is 17.3 Å². The van der Waals surface area contributed by atoms with Crippen molar-refractivity contribution in [2.75, 3.05) is 6.61 Å². The Morgan fingerprint density at radius 1 is 1.33 bits per heavy atom. The van der Waals surface area contributed by atoms with Gasteiger partial charge in [0.1, 0.15) is 0 Å². The molecule has 0 aromatic heterocycles. The lowest BCUT2D eigenvalue weighted by atomic mass is 9.79. The number of hydrogen-bond donors (Lipinski definition) is 2. The van der Waals surface area contributed by atoms with Gasteiger partial charge in [0.15, 0.2) is 0 Å². The Labute approximate surface area is 111 Å². The molecule has 2 rings (SSSR count). The molecule has 2 heterocycles. The average Bonchev–Trinajstić information content (AvgIpc) is 2.80. The van der Waals surface area contributed by atoms with Gasteiger partial charge in [0.2, 0.25) is 0 Å². The Balaban J connectivity index is 2.02. The van der Waals surface area contributed by atoms with Gasteiger partial charge in [-0.25, -0.2) is 0 Å². The smallest absolute Gasteiger partial charge is 0.0678 e. The Hall–Kier alpha value is -0.160. The minimum Gasteiger partial charge on any atom is -0.378 e. The fourth-order valence-electron chi connectivity index (χ4n) is 3.69. The summed E-state index contributed by atoms with van der Waals surface area (Å²) in [5, 5.41) is 0. The molecule has 2 fully saturated rings. The predicted molar refractivity (Wildman–Crippen MR) is 72.1 cm³/mol. The SMILES string of the molecule is CC1(C)CC(C(CC2CCCO2)NN)C(C)(C)O1. The van der Waals surface area contributed by atoms with Crippen molar-refractivity contribution in [1.82, 2.24) is 5.43 Å². The largest absolute Gasteiger partial charge is 0.378 e. The molecule has 0 aliphatic carbocycles. The first-order valence-electron chi connectivity index (χ1n) is 7.12. The van der Waals surface area contributed by atoms with Crippen LogP contribution >= 0.6 is 0 Å². The summed E-state index contributed by atoms with van der Waals surface area (Å²) in [6, 6.07) is 0.268. The Morgan fingerprint density at radius 2 is 2.06 bits per heavy atom. The average molecular weight is 256 g/mol. The molecule has 4 heteroatoms. The summed E-state index contributed by atoms with van der Waals surface area (Å²) in [6.07, 6.45) is 4.74. The van der Waals surface area contributed by atoms with Gasteiger partial charge in [-0.1, -0.05) is 0 Å². The molecular weight excluding hydrogens is 228 g/mol. The van der Waals surface area contributed by atoms with Crippen LogP contribution < -0.4 is 11.3 Å². The van der Waals surface area contributed by atoms with Crippen LogP contribution in [-0.4, -0.2) is 30.0 Å². The molecule has 4 nitrogen and oxygen atoms in total. The summed E-state index contributed by atoms with van der Waals surface area (Å²) >= 11 is 0. The Kier molecular flexibility index (Phi) is 4.02. The number of hydrogen-bond acceptors (Lipinski definition) is 4. The van der Waals surface area contributed by atoms with Crippen molar-refractivity contribution in [3.8, 4) is 0 Å². The molecule has 2 aliphatic rings. The quantitative estimate of drug-likeness (QED) is 0.596. The molecule has 3 unspecified atom stereocenters. The molecule has 0 radical (unpaired) electrons. The minimum absolute atomic E-state index is 0.0558. The third kappa shape index (κ3) is 3.05. The lowest BCUT2D eigenvalue weighted by molar-refractivity contribution is -0.0790. The van der Waals surface area contributed by atoms with Crippen molar-refractivity contribution in [1.29, 1.82) is 0 Å². The second-order valence-corrected chi connectivity index (χ2v) is 6.92. The van der Waals surface area contributed by atoms with Gasteiger partial charge in [0, 0.05) is 18.6 Å².